The summed E-state index contributed by atoms with van der Waals surface area (Å²) in [6.07, 6.45) is 5.57. The second-order valence-corrected chi connectivity index (χ2v) is 8.40. The summed E-state index contributed by atoms with van der Waals surface area (Å²) in [5.74, 6) is 0. The Balaban J connectivity index is 1.64. The number of benzene rings is 2. The Hall–Kier alpha value is -2.91. The normalized spacial score (nSPS) is 13.0. The molecule has 0 saturated heterocycles. The number of hydrogen-bond donors (Lipinski definition) is 0. The molecule has 3 heteroatoms. The van der Waals surface area contributed by atoms with Crippen molar-refractivity contribution in [2.45, 2.75) is 23.3 Å². The summed E-state index contributed by atoms with van der Waals surface area (Å²) in [5.41, 5.74) is 4.92. The van der Waals surface area contributed by atoms with Gasteiger partial charge >= 0.3 is 0 Å². The molecule has 4 aromatic rings. The van der Waals surface area contributed by atoms with Gasteiger partial charge in [-0.3, -0.25) is 9.97 Å². The van der Waals surface area contributed by atoms with E-state index in [4.69, 9.17) is 0 Å². The Bertz CT molecular complexity index is 893. The summed E-state index contributed by atoms with van der Waals surface area (Å²) in [6, 6.07) is 33.9. The molecular weight excluding hydrogens is 372 g/mol. The van der Waals surface area contributed by atoms with Gasteiger partial charge in [-0.2, -0.15) is 0 Å². The van der Waals surface area contributed by atoms with Gasteiger partial charge in [0.15, 0.2) is 0 Å². The van der Waals surface area contributed by atoms with Crippen LogP contribution in [0.4, 0.5) is 0 Å². The number of rotatable bonds is 8. The maximum Gasteiger partial charge on any atom is 0.0418 e. The Morgan fingerprint density at radius 3 is 1.31 bits per heavy atom. The summed E-state index contributed by atoms with van der Waals surface area (Å²) in [5, 5.41) is 0.639. The molecule has 0 spiro atoms. The molecule has 0 saturated carbocycles. The van der Waals surface area contributed by atoms with Crippen LogP contribution in [-0.2, 0) is 12.8 Å². The van der Waals surface area contributed by atoms with Crippen LogP contribution in [-0.4, -0.2) is 9.97 Å². The molecule has 0 N–H and O–H groups in total. The smallest absolute Gasteiger partial charge is 0.0418 e. The topological polar surface area (TPSA) is 25.8 Å². The third kappa shape index (κ3) is 5.55. The van der Waals surface area contributed by atoms with Crippen molar-refractivity contribution in [3.05, 3.63) is 132 Å². The minimum absolute atomic E-state index is 0.319. The van der Waals surface area contributed by atoms with Crippen molar-refractivity contribution in [1.82, 2.24) is 9.97 Å². The van der Waals surface area contributed by atoms with Crippen molar-refractivity contribution in [2.24, 2.45) is 0 Å². The quantitative estimate of drug-likeness (QED) is 0.341. The van der Waals surface area contributed by atoms with Crippen molar-refractivity contribution in [1.29, 1.82) is 0 Å². The third-order valence-electron chi connectivity index (χ3n) is 4.91. The standard InChI is InChI=1S/C26H24N2S/c1-3-11-21(12-4-1)25(19-23-15-7-9-17-27-23)29-26(22-13-5-2-6-14-22)20-24-16-8-10-18-28-24/h1-18,25-26H,19-20H2. The van der Waals surface area contributed by atoms with E-state index in [0.717, 1.165) is 24.2 Å². The fourth-order valence-corrected chi connectivity index (χ4v) is 5.00. The van der Waals surface area contributed by atoms with E-state index >= 15 is 0 Å². The zero-order valence-corrected chi connectivity index (χ0v) is 17.1. The van der Waals surface area contributed by atoms with Crippen LogP contribution in [0.1, 0.15) is 33.0 Å². The largest absolute Gasteiger partial charge is 0.261 e. The summed E-state index contributed by atoms with van der Waals surface area (Å²) in [4.78, 5) is 9.16. The van der Waals surface area contributed by atoms with Crippen LogP contribution in [0.5, 0.6) is 0 Å². The highest BCUT2D eigenvalue weighted by atomic mass is 32.2. The first-order valence-corrected chi connectivity index (χ1v) is 10.9. The van der Waals surface area contributed by atoms with Crippen LogP contribution < -0.4 is 0 Å². The van der Waals surface area contributed by atoms with Gasteiger partial charge in [0.1, 0.15) is 0 Å². The van der Waals surface area contributed by atoms with Crippen molar-refractivity contribution in [3.63, 3.8) is 0 Å². The van der Waals surface area contributed by atoms with E-state index in [0.29, 0.717) is 10.5 Å². The molecular formula is C26H24N2S. The van der Waals surface area contributed by atoms with Gasteiger partial charge in [-0.25, -0.2) is 0 Å². The van der Waals surface area contributed by atoms with Crippen LogP contribution in [0.15, 0.2) is 109 Å². The zero-order valence-electron chi connectivity index (χ0n) is 16.3. The van der Waals surface area contributed by atoms with E-state index in [1.807, 2.05) is 36.3 Å². The molecule has 0 aliphatic carbocycles. The van der Waals surface area contributed by atoms with E-state index < -0.39 is 0 Å². The van der Waals surface area contributed by atoms with Gasteiger partial charge in [0, 0.05) is 47.1 Å². The minimum Gasteiger partial charge on any atom is -0.261 e. The van der Waals surface area contributed by atoms with Gasteiger partial charge in [-0.05, 0) is 35.4 Å². The van der Waals surface area contributed by atoms with Crippen LogP contribution in [0.2, 0.25) is 0 Å². The van der Waals surface area contributed by atoms with E-state index in [-0.39, 0.29) is 0 Å². The first-order valence-electron chi connectivity index (χ1n) is 9.93. The molecule has 4 rings (SSSR count). The van der Waals surface area contributed by atoms with Crippen molar-refractivity contribution >= 4 is 11.8 Å². The van der Waals surface area contributed by atoms with E-state index in [9.17, 15) is 0 Å². The highest BCUT2D eigenvalue weighted by Crippen LogP contribution is 2.43. The van der Waals surface area contributed by atoms with Crippen molar-refractivity contribution in [2.75, 3.05) is 0 Å². The Labute approximate surface area is 177 Å². The van der Waals surface area contributed by atoms with Gasteiger partial charge in [-0.1, -0.05) is 72.8 Å². The molecule has 0 aliphatic heterocycles. The van der Waals surface area contributed by atoms with Gasteiger partial charge in [0.25, 0.3) is 0 Å². The molecule has 2 unspecified atom stereocenters. The van der Waals surface area contributed by atoms with Crippen LogP contribution in [0, 0.1) is 0 Å². The number of nitrogens with zero attached hydrogens (tertiary/aromatic N) is 2. The summed E-state index contributed by atoms with van der Waals surface area (Å²) in [6.45, 7) is 0. The predicted octanol–water partition coefficient (Wildman–Crippen LogP) is 6.48. The van der Waals surface area contributed by atoms with Gasteiger partial charge in [-0.15, -0.1) is 11.8 Å². The Morgan fingerprint density at radius 2 is 0.931 bits per heavy atom. The van der Waals surface area contributed by atoms with E-state index in [1.165, 1.54) is 11.1 Å². The molecule has 2 atom stereocenters. The van der Waals surface area contributed by atoms with Crippen molar-refractivity contribution < 1.29 is 0 Å². The lowest BCUT2D eigenvalue weighted by molar-refractivity contribution is 0.849. The van der Waals surface area contributed by atoms with E-state index in [1.54, 1.807) is 0 Å². The minimum atomic E-state index is 0.319. The van der Waals surface area contributed by atoms with Crippen LogP contribution >= 0.6 is 11.8 Å². The summed E-state index contributed by atoms with van der Waals surface area (Å²) < 4.78 is 0. The lowest BCUT2D eigenvalue weighted by Crippen LogP contribution is -2.07. The average molecular weight is 397 g/mol. The fraction of sp³-hybridized carbons (Fsp3) is 0.154. The molecule has 2 nitrogen and oxygen atoms in total. The third-order valence-corrected chi connectivity index (χ3v) is 6.45. The Kier molecular flexibility index (Phi) is 6.72. The zero-order chi connectivity index (χ0) is 19.7. The van der Waals surface area contributed by atoms with Crippen LogP contribution in [0.3, 0.4) is 0 Å². The molecule has 2 aromatic carbocycles. The Morgan fingerprint density at radius 1 is 0.517 bits per heavy atom. The van der Waals surface area contributed by atoms with Crippen LogP contribution in [0.25, 0.3) is 0 Å². The SMILES string of the molecule is c1ccc(C(Cc2ccccn2)SC(Cc2ccccn2)c2ccccc2)cc1. The monoisotopic (exact) mass is 396 g/mol. The molecule has 0 aliphatic rings. The lowest BCUT2D eigenvalue weighted by atomic mass is 10.1. The first-order chi connectivity index (χ1) is 14.4. The molecule has 29 heavy (non-hydrogen) atoms. The maximum atomic E-state index is 4.58. The number of aromatic nitrogens is 2. The molecule has 0 fully saturated rings. The lowest BCUT2D eigenvalue weighted by Gasteiger charge is -2.24. The number of thioether (sulfide) groups is 1. The van der Waals surface area contributed by atoms with Gasteiger partial charge in [0.2, 0.25) is 0 Å². The molecule has 0 radical (unpaired) electrons. The molecule has 0 amide bonds. The molecule has 144 valence electrons. The summed E-state index contributed by atoms with van der Waals surface area (Å²) in [7, 11) is 0. The van der Waals surface area contributed by atoms with Gasteiger partial charge < -0.3 is 0 Å². The highest BCUT2D eigenvalue weighted by molar-refractivity contribution is 7.99. The number of hydrogen-bond acceptors (Lipinski definition) is 3. The van der Waals surface area contributed by atoms with Gasteiger partial charge in [0.05, 0.1) is 0 Å². The average Bonchev–Trinajstić information content (AvgIpc) is 2.81. The maximum absolute atomic E-state index is 4.58. The predicted molar refractivity (Wildman–Crippen MR) is 122 cm³/mol. The molecule has 2 heterocycles. The first kappa shape index (κ1) is 19.4. The highest BCUT2D eigenvalue weighted by Gasteiger charge is 2.22. The van der Waals surface area contributed by atoms with E-state index in [2.05, 4.69) is 94.9 Å². The summed E-state index contributed by atoms with van der Waals surface area (Å²) >= 11 is 2.01. The second-order valence-electron chi connectivity index (χ2n) is 6.99. The molecule has 0 bridgehead atoms. The fourth-order valence-electron chi connectivity index (χ4n) is 3.44. The molecule has 2 aromatic heterocycles. The van der Waals surface area contributed by atoms with Crippen molar-refractivity contribution in [3.8, 4) is 0 Å². The second kappa shape index (κ2) is 10.0. The number of pyridine rings is 2.